The van der Waals surface area contributed by atoms with Crippen molar-refractivity contribution >= 4 is 33.5 Å². The first-order valence-corrected chi connectivity index (χ1v) is 19.5. The van der Waals surface area contributed by atoms with E-state index in [-0.39, 0.29) is 24.3 Å². The average Bonchev–Trinajstić information content (AvgIpc) is 3.97. The number of nitrogens with zero attached hydrogens (tertiary/aromatic N) is 2. The highest BCUT2D eigenvalue weighted by atomic mass is 32.2. The number of carbonyl (C=O) groups excluding carboxylic acids is 3. The molecular weight excluding hydrogens is 693 g/mol. The lowest BCUT2D eigenvalue weighted by molar-refractivity contribution is -0.143. The van der Waals surface area contributed by atoms with Gasteiger partial charge in [0.2, 0.25) is 28.3 Å². The monoisotopic (exact) mass is 741 g/mol. The Labute approximate surface area is 304 Å². The van der Waals surface area contributed by atoms with Gasteiger partial charge in [-0.05, 0) is 54.2 Å². The molecule has 1 saturated heterocycles. The smallest absolute Gasteiger partial charge is 0.259 e. The fraction of sp³-hybridized carbons (Fsp3) is 0.579. The second-order valence-corrected chi connectivity index (χ2v) is 18.8. The minimum atomic E-state index is -4.07. The summed E-state index contributed by atoms with van der Waals surface area (Å²) in [7, 11) is -4.07. The summed E-state index contributed by atoms with van der Waals surface area (Å²) in [5, 5.41) is 9.67. The Morgan fingerprint density at radius 2 is 1.54 bits per heavy atom. The van der Waals surface area contributed by atoms with Gasteiger partial charge >= 0.3 is 0 Å². The number of sulfonamides is 1. The maximum atomic E-state index is 14.5. The number of carbonyl (C=O) groups is 3. The minimum absolute atomic E-state index is 0.00247. The molecule has 3 amide bonds. The Morgan fingerprint density at radius 3 is 2.04 bits per heavy atom. The number of likely N-dealkylation sites (tertiary alicyclic amines) is 1. The van der Waals surface area contributed by atoms with Crippen molar-refractivity contribution in [2.75, 3.05) is 13.1 Å². The summed E-state index contributed by atoms with van der Waals surface area (Å²) < 4.78 is 55.3. The van der Waals surface area contributed by atoms with Crippen LogP contribution in [0.4, 0.5) is 8.78 Å². The van der Waals surface area contributed by atoms with E-state index in [1.165, 1.54) is 4.90 Å². The quantitative estimate of drug-likeness (QED) is 0.230. The van der Waals surface area contributed by atoms with E-state index in [0.29, 0.717) is 25.1 Å². The van der Waals surface area contributed by atoms with Crippen molar-refractivity contribution in [2.24, 2.45) is 21.9 Å². The van der Waals surface area contributed by atoms with Crippen LogP contribution in [0.15, 0.2) is 53.7 Å². The molecule has 2 aromatic carbocycles. The zero-order valence-corrected chi connectivity index (χ0v) is 31.4. The Hall–Kier alpha value is -3.91. The molecule has 0 aromatic heterocycles. The summed E-state index contributed by atoms with van der Waals surface area (Å²) in [6.45, 7) is 12.5. The van der Waals surface area contributed by atoms with E-state index < -0.39 is 75.0 Å². The van der Waals surface area contributed by atoms with Gasteiger partial charge in [-0.15, -0.1) is 0 Å². The minimum Gasteiger partial charge on any atom is -0.390 e. The molecule has 1 heterocycles. The van der Waals surface area contributed by atoms with Crippen molar-refractivity contribution in [3.63, 3.8) is 0 Å². The maximum Gasteiger partial charge on any atom is 0.259 e. The number of alkyl halides is 2. The molecule has 2 aromatic rings. The van der Waals surface area contributed by atoms with Gasteiger partial charge in [-0.2, -0.15) is 0 Å². The van der Waals surface area contributed by atoms with E-state index in [2.05, 4.69) is 36.6 Å². The summed E-state index contributed by atoms with van der Waals surface area (Å²) in [5.41, 5.74) is 1.65. The molecule has 3 aliphatic carbocycles. The lowest BCUT2D eigenvalue weighted by atomic mass is 9.85. The number of benzene rings is 2. The first kappa shape index (κ1) is 37.8. The molecule has 6 rings (SSSR count). The average molecular weight is 742 g/mol. The molecule has 0 unspecified atom stereocenters. The molecule has 0 bridgehead atoms. The van der Waals surface area contributed by atoms with E-state index in [4.69, 9.17) is 4.84 Å². The van der Waals surface area contributed by atoms with E-state index >= 15 is 0 Å². The molecule has 52 heavy (non-hydrogen) atoms. The molecule has 3 fully saturated rings. The predicted octanol–water partition coefficient (Wildman–Crippen LogP) is 4.59. The van der Waals surface area contributed by atoms with Gasteiger partial charge in [-0.3, -0.25) is 19.1 Å². The fourth-order valence-corrected chi connectivity index (χ4v) is 8.51. The molecular formula is C38H49F2N5O6S. The van der Waals surface area contributed by atoms with Crippen LogP contribution >= 0.6 is 0 Å². The van der Waals surface area contributed by atoms with E-state index in [9.17, 15) is 31.6 Å². The van der Waals surface area contributed by atoms with Gasteiger partial charge in [-0.1, -0.05) is 95.2 Å². The first-order valence-electron chi connectivity index (χ1n) is 18.0. The van der Waals surface area contributed by atoms with Crippen LogP contribution in [0.25, 0.3) is 11.1 Å². The third-order valence-corrected chi connectivity index (χ3v) is 12.2. The first-order chi connectivity index (χ1) is 24.3. The Balaban J connectivity index is 1.28. The number of oxime groups is 1. The van der Waals surface area contributed by atoms with Crippen molar-refractivity contribution < 1.29 is 36.4 Å². The van der Waals surface area contributed by atoms with Crippen molar-refractivity contribution in [2.45, 2.75) is 109 Å². The van der Waals surface area contributed by atoms with Gasteiger partial charge in [0.05, 0.1) is 23.8 Å². The van der Waals surface area contributed by atoms with Gasteiger partial charge < -0.3 is 20.4 Å². The number of hydrogen-bond acceptors (Lipinski definition) is 8. The van der Waals surface area contributed by atoms with Gasteiger partial charge in [0.15, 0.2) is 0 Å². The van der Waals surface area contributed by atoms with Crippen LogP contribution in [0.2, 0.25) is 0 Å². The zero-order chi connectivity index (χ0) is 37.8. The molecule has 4 aliphatic rings. The van der Waals surface area contributed by atoms with Gasteiger partial charge in [0.25, 0.3) is 5.91 Å². The third kappa shape index (κ3) is 7.73. The maximum absolute atomic E-state index is 14.5. The van der Waals surface area contributed by atoms with Gasteiger partial charge in [0.1, 0.15) is 23.4 Å². The van der Waals surface area contributed by atoms with Crippen LogP contribution in [0, 0.1) is 16.7 Å². The Kier molecular flexibility index (Phi) is 10.1. The number of fused-ring (bicyclic) bond motifs is 3. The van der Waals surface area contributed by atoms with Crippen molar-refractivity contribution in [1.29, 1.82) is 0 Å². The van der Waals surface area contributed by atoms with Gasteiger partial charge in [-0.25, -0.2) is 17.2 Å². The SMILES string of the molecule is CC(C)(C)CCN[C@H](C(=O)N1C[C@H](ON=C2c3ccccc3-c3ccccc32)C[C@H]1C(=O)N[C@@]1(C(=O)NS(=O)(=O)C2CC2)C[C@H]1C(F)F)C(C)(C)C. The van der Waals surface area contributed by atoms with Crippen molar-refractivity contribution in [1.82, 2.24) is 20.3 Å². The van der Waals surface area contributed by atoms with Crippen LogP contribution in [-0.2, 0) is 29.2 Å². The lowest BCUT2D eigenvalue weighted by Crippen LogP contribution is -2.60. The summed E-state index contributed by atoms with van der Waals surface area (Å²) in [4.78, 5) is 49.5. The molecule has 11 nitrogen and oxygen atoms in total. The van der Waals surface area contributed by atoms with Crippen LogP contribution < -0.4 is 15.4 Å². The third-order valence-electron chi connectivity index (χ3n) is 10.4. The molecule has 3 N–H and O–H groups in total. The lowest BCUT2D eigenvalue weighted by Gasteiger charge is -2.36. The number of hydrogen-bond donors (Lipinski definition) is 3. The summed E-state index contributed by atoms with van der Waals surface area (Å²) in [5.74, 6) is -4.00. The van der Waals surface area contributed by atoms with Crippen LogP contribution in [0.3, 0.4) is 0 Å². The molecule has 14 heteroatoms. The highest BCUT2D eigenvalue weighted by Gasteiger charge is 2.66. The second-order valence-electron chi connectivity index (χ2n) is 16.8. The molecule has 0 radical (unpaired) electrons. The molecule has 5 atom stereocenters. The zero-order valence-electron chi connectivity index (χ0n) is 30.5. The van der Waals surface area contributed by atoms with E-state index in [1.807, 2.05) is 74.0 Å². The molecule has 2 saturated carbocycles. The second kappa shape index (κ2) is 13.8. The Bertz CT molecular complexity index is 1820. The van der Waals surface area contributed by atoms with E-state index in [1.54, 1.807) is 0 Å². The summed E-state index contributed by atoms with van der Waals surface area (Å²) in [6, 6.07) is 13.6. The number of rotatable bonds is 12. The number of nitrogens with one attached hydrogen (secondary N) is 3. The standard InChI is InChI=1S/C38H49F2N5O6S/c1-36(2,3)17-18-41-31(37(4,5)6)34(47)45-21-22(51-43-30-26-13-9-7-11-24(26)25-12-8-10-14-27(25)30)19-29(45)33(46)42-38(20-28(38)32(39)40)35(48)44-52(49,50)23-15-16-23/h7-14,22-23,28-29,31-32,41H,15-21H2,1-6H3,(H,42,46)(H,44,48)/t22-,28+,29+,31-,38+/m1/s1. The number of halogens is 2. The fourth-order valence-electron chi connectivity index (χ4n) is 7.15. The van der Waals surface area contributed by atoms with E-state index in [0.717, 1.165) is 28.7 Å². The highest BCUT2D eigenvalue weighted by molar-refractivity contribution is 7.91. The topological polar surface area (TPSA) is 146 Å². The predicted molar refractivity (Wildman–Crippen MR) is 193 cm³/mol. The number of amides is 3. The summed E-state index contributed by atoms with van der Waals surface area (Å²) in [6.07, 6.45) is -2.71. The molecule has 282 valence electrons. The Morgan fingerprint density at radius 1 is 0.962 bits per heavy atom. The molecule has 1 aliphatic heterocycles. The van der Waals surface area contributed by atoms with Crippen LogP contribution in [0.1, 0.15) is 84.8 Å². The summed E-state index contributed by atoms with van der Waals surface area (Å²) >= 11 is 0. The van der Waals surface area contributed by atoms with Crippen molar-refractivity contribution in [3.8, 4) is 11.1 Å². The largest absolute Gasteiger partial charge is 0.390 e. The molecule has 0 spiro atoms. The van der Waals surface area contributed by atoms with Crippen LogP contribution in [0.5, 0.6) is 0 Å². The normalized spacial score (nSPS) is 24.6. The van der Waals surface area contributed by atoms with Crippen molar-refractivity contribution in [3.05, 3.63) is 59.7 Å². The highest BCUT2D eigenvalue weighted by Crippen LogP contribution is 2.48. The van der Waals surface area contributed by atoms with Gasteiger partial charge in [0, 0.05) is 17.5 Å². The van der Waals surface area contributed by atoms with Crippen LogP contribution in [-0.4, -0.2) is 85.2 Å².